The van der Waals surface area contributed by atoms with Gasteiger partial charge in [-0.25, -0.2) is 9.37 Å². The number of aromatic nitrogens is 3. The summed E-state index contributed by atoms with van der Waals surface area (Å²) in [5, 5.41) is 0. The summed E-state index contributed by atoms with van der Waals surface area (Å²) < 4.78 is 19.6. The molecular weight excluding hydrogens is 311 g/mol. The molecule has 120 valence electrons. The number of carbonyl (C=O) groups is 1. The highest BCUT2D eigenvalue weighted by Gasteiger charge is 2.30. The molecular formula is C17H13FN4O2. The first-order chi connectivity index (χ1) is 11.6. The van der Waals surface area contributed by atoms with E-state index in [0.29, 0.717) is 29.1 Å². The van der Waals surface area contributed by atoms with E-state index in [2.05, 4.69) is 15.0 Å². The minimum Gasteiger partial charge on any atom is -0.471 e. The summed E-state index contributed by atoms with van der Waals surface area (Å²) in [5.74, 6) is -0.500. The molecule has 0 bridgehead atoms. The summed E-state index contributed by atoms with van der Waals surface area (Å²) in [5.41, 5.74) is 1.44. The van der Waals surface area contributed by atoms with Crippen LogP contribution >= 0.6 is 0 Å². The zero-order valence-corrected chi connectivity index (χ0v) is 12.8. The maximum Gasteiger partial charge on any atom is 0.260 e. The van der Waals surface area contributed by atoms with Crippen molar-refractivity contribution in [3.05, 3.63) is 54.2 Å². The monoisotopic (exact) mass is 324 g/mol. The Labute approximate surface area is 136 Å². The van der Waals surface area contributed by atoms with Gasteiger partial charge in [0.15, 0.2) is 0 Å². The smallest absolute Gasteiger partial charge is 0.260 e. The second-order valence-corrected chi connectivity index (χ2v) is 5.55. The number of hydrogen-bond acceptors (Lipinski definition) is 5. The van der Waals surface area contributed by atoms with Crippen molar-refractivity contribution in [3.63, 3.8) is 0 Å². The average molecular weight is 324 g/mol. The van der Waals surface area contributed by atoms with E-state index in [0.717, 1.165) is 0 Å². The Balaban J connectivity index is 1.86. The van der Waals surface area contributed by atoms with Crippen molar-refractivity contribution in [2.75, 3.05) is 11.4 Å². The van der Waals surface area contributed by atoms with Gasteiger partial charge < -0.3 is 4.74 Å². The topological polar surface area (TPSA) is 68.2 Å². The molecule has 0 fully saturated rings. The van der Waals surface area contributed by atoms with Gasteiger partial charge in [0.25, 0.3) is 5.91 Å². The average Bonchev–Trinajstić information content (AvgIpc) is 2.59. The normalized spacial score (nSPS) is 16.6. The first kappa shape index (κ1) is 14.5. The molecule has 0 radical (unpaired) electrons. The molecule has 1 aliphatic rings. The van der Waals surface area contributed by atoms with E-state index in [4.69, 9.17) is 4.74 Å². The molecule has 0 N–H and O–H groups in total. The molecule has 0 spiro atoms. The van der Waals surface area contributed by atoms with Crippen molar-refractivity contribution in [1.82, 2.24) is 15.0 Å². The molecule has 1 amide bonds. The van der Waals surface area contributed by atoms with E-state index >= 15 is 0 Å². The summed E-state index contributed by atoms with van der Waals surface area (Å²) in [6.45, 7) is 2.19. The zero-order valence-electron chi connectivity index (χ0n) is 12.8. The standard InChI is InChI=1S/C17H13FN4O2/c1-10-9-22(14-3-2-4-21-16(14)24-10)17(23)12-7-11(18)8-13-15(12)20-6-5-19-13/h2-8,10H,9H2,1H3. The van der Waals surface area contributed by atoms with Crippen molar-refractivity contribution in [2.24, 2.45) is 0 Å². The number of fused-ring (bicyclic) bond motifs is 2. The van der Waals surface area contributed by atoms with Crippen molar-refractivity contribution in [3.8, 4) is 5.88 Å². The van der Waals surface area contributed by atoms with Gasteiger partial charge >= 0.3 is 0 Å². The Morgan fingerprint density at radius 2 is 2.08 bits per heavy atom. The van der Waals surface area contributed by atoms with E-state index in [9.17, 15) is 9.18 Å². The molecule has 1 aliphatic heterocycles. The molecule has 1 atom stereocenters. The van der Waals surface area contributed by atoms with Crippen LogP contribution in [0.3, 0.4) is 0 Å². The lowest BCUT2D eigenvalue weighted by Crippen LogP contribution is -2.42. The fourth-order valence-corrected chi connectivity index (χ4v) is 2.80. The van der Waals surface area contributed by atoms with Crippen LogP contribution in [-0.4, -0.2) is 33.5 Å². The van der Waals surface area contributed by atoms with Gasteiger partial charge in [-0.05, 0) is 25.1 Å². The van der Waals surface area contributed by atoms with Gasteiger partial charge in [0.1, 0.15) is 23.1 Å². The Morgan fingerprint density at radius 3 is 2.96 bits per heavy atom. The summed E-state index contributed by atoms with van der Waals surface area (Å²) >= 11 is 0. The molecule has 4 rings (SSSR count). The largest absolute Gasteiger partial charge is 0.471 e. The minimum absolute atomic E-state index is 0.169. The van der Waals surface area contributed by atoms with Crippen molar-refractivity contribution in [2.45, 2.75) is 13.0 Å². The second kappa shape index (κ2) is 5.52. The molecule has 0 saturated carbocycles. The maximum absolute atomic E-state index is 13.9. The molecule has 24 heavy (non-hydrogen) atoms. The third kappa shape index (κ3) is 2.34. The number of halogens is 1. The van der Waals surface area contributed by atoms with Crippen molar-refractivity contribution < 1.29 is 13.9 Å². The molecule has 1 aromatic carbocycles. The lowest BCUT2D eigenvalue weighted by Gasteiger charge is -2.32. The number of pyridine rings is 1. The number of anilines is 1. The first-order valence-electron chi connectivity index (χ1n) is 7.47. The molecule has 6 nitrogen and oxygen atoms in total. The van der Waals surface area contributed by atoms with Crippen molar-refractivity contribution >= 4 is 22.6 Å². The van der Waals surface area contributed by atoms with Gasteiger partial charge in [0.05, 0.1) is 17.6 Å². The molecule has 0 saturated heterocycles. The summed E-state index contributed by atoms with van der Waals surface area (Å²) in [7, 11) is 0. The molecule has 7 heteroatoms. The van der Waals surface area contributed by atoms with E-state index < -0.39 is 5.82 Å². The van der Waals surface area contributed by atoms with Crippen LogP contribution in [0.5, 0.6) is 5.88 Å². The van der Waals surface area contributed by atoms with Gasteiger partial charge in [-0.2, -0.15) is 0 Å². The fraction of sp³-hybridized carbons (Fsp3) is 0.176. The third-order valence-corrected chi connectivity index (χ3v) is 3.81. The number of hydrogen-bond donors (Lipinski definition) is 0. The van der Waals surface area contributed by atoms with Gasteiger partial charge in [-0.15, -0.1) is 0 Å². The number of ether oxygens (including phenoxy) is 1. The Bertz CT molecular complexity index is 947. The number of carbonyl (C=O) groups excluding carboxylic acids is 1. The van der Waals surface area contributed by atoms with Crippen LogP contribution in [-0.2, 0) is 0 Å². The lowest BCUT2D eigenvalue weighted by atomic mass is 10.1. The Morgan fingerprint density at radius 1 is 1.25 bits per heavy atom. The Kier molecular flexibility index (Phi) is 3.34. The summed E-state index contributed by atoms with van der Waals surface area (Å²) in [4.78, 5) is 27.0. The third-order valence-electron chi connectivity index (χ3n) is 3.81. The van der Waals surface area contributed by atoms with Gasteiger partial charge in [0.2, 0.25) is 5.88 Å². The Hall–Kier alpha value is -3.09. The molecule has 0 aliphatic carbocycles. The summed E-state index contributed by atoms with van der Waals surface area (Å²) in [6.07, 6.45) is 4.32. The van der Waals surface area contributed by atoms with Crippen LogP contribution in [0, 0.1) is 5.82 Å². The number of benzene rings is 1. The van der Waals surface area contributed by atoms with Crippen LogP contribution in [0.25, 0.3) is 11.0 Å². The quantitative estimate of drug-likeness (QED) is 0.688. The van der Waals surface area contributed by atoms with E-state index in [1.54, 1.807) is 23.2 Å². The van der Waals surface area contributed by atoms with Crippen LogP contribution in [0.2, 0.25) is 0 Å². The van der Waals surface area contributed by atoms with Gasteiger partial charge in [-0.3, -0.25) is 19.7 Å². The predicted molar refractivity (Wildman–Crippen MR) is 85.5 cm³/mol. The van der Waals surface area contributed by atoms with E-state index in [-0.39, 0.29) is 17.6 Å². The van der Waals surface area contributed by atoms with Crippen LogP contribution < -0.4 is 9.64 Å². The van der Waals surface area contributed by atoms with Crippen LogP contribution in [0.4, 0.5) is 10.1 Å². The SMILES string of the molecule is CC1CN(C(=O)c2cc(F)cc3nccnc23)c2cccnc2O1. The predicted octanol–water partition coefficient (Wildman–Crippen LogP) is 2.59. The highest BCUT2D eigenvalue weighted by Crippen LogP contribution is 2.32. The minimum atomic E-state index is -0.529. The highest BCUT2D eigenvalue weighted by atomic mass is 19.1. The summed E-state index contributed by atoms with van der Waals surface area (Å²) in [6, 6.07) is 5.92. The van der Waals surface area contributed by atoms with Gasteiger partial charge in [-0.1, -0.05) is 0 Å². The van der Waals surface area contributed by atoms with Gasteiger partial charge in [0, 0.05) is 24.7 Å². The maximum atomic E-state index is 13.9. The zero-order chi connectivity index (χ0) is 16.7. The molecule has 3 aromatic rings. The van der Waals surface area contributed by atoms with E-state index in [1.165, 1.54) is 24.5 Å². The molecule has 3 heterocycles. The molecule has 1 unspecified atom stereocenters. The number of rotatable bonds is 1. The fourth-order valence-electron chi connectivity index (χ4n) is 2.80. The lowest BCUT2D eigenvalue weighted by molar-refractivity contribution is 0.0959. The van der Waals surface area contributed by atoms with Crippen molar-refractivity contribution in [1.29, 1.82) is 0 Å². The first-order valence-corrected chi connectivity index (χ1v) is 7.47. The van der Waals surface area contributed by atoms with Crippen LogP contribution in [0.15, 0.2) is 42.9 Å². The van der Waals surface area contributed by atoms with Crippen LogP contribution in [0.1, 0.15) is 17.3 Å². The van der Waals surface area contributed by atoms with E-state index in [1.807, 2.05) is 6.92 Å². The highest BCUT2D eigenvalue weighted by molar-refractivity contribution is 6.13. The second-order valence-electron chi connectivity index (χ2n) is 5.55. The number of nitrogens with zero attached hydrogens (tertiary/aromatic N) is 4. The molecule has 2 aromatic heterocycles. The number of amides is 1.